The van der Waals surface area contributed by atoms with Crippen LogP contribution < -0.4 is 5.73 Å². The topological polar surface area (TPSA) is 56.7 Å². The number of pyridine rings is 1. The first-order valence-electron chi connectivity index (χ1n) is 7.05. The molecule has 0 aliphatic heterocycles. The second-order valence-electron chi connectivity index (χ2n) is 5.12. The van der Waals surface area contributed by atoms with Gasteiger partial charge in [-0.15, -0.1) is 0 Å². The second-order valence-corrected chi connectivity index (χ2v) is 5.12. The summed E-state index contributed by atoms with van der Waals surface area (Å²) in [6, 6.07) is 12.3. The van der Waals surface area contributed by atoms with Gasteiger partial charge in [0.2, 0.25) is 0 Å². The van der Waals surface area contributed by atoms with Crippen LogP contribution in [0.2, 0.25) is 0 Å². The van der Waals surface area contributed by atoms with Gasteiger partial charge >= 0.3 is 0 Å². The summed E-state index contributed by atoms with van der Waals surface area (Å²) >= 11 is 0. The number of hydrogen-bond donors (Lipinski definition) is 1. The molecule has 1 aromatic carbocycles. The molecule has 3 aromatic rings. The van der Waals surface area contributed by atoms with E-state index in [0.29, 0.717) is 5.69 Å². The molecular formula is C17H18N4. The van der Waals surface area contributed by atoms with E-state index in [0.717, 1.165) is 29.1 Å². The van der Waals surface area contributed by atoms with Crippen LogP contribution in [-0.4, -0.2) is 14.8 Å². The molecule has 0 fully saturated rings. The quantitative estimate of drug-likeness (QED) is 0.799. The number of rotatable bonds is 3. The van der Waals surface area contributed by atoms with Crippen molar-refractivity contribution in [1.82, 2.24) is 14.8 Å². The fourth-order valence-corrected chi connectivity index (χ4v) is 2.27. The van der Waals surface area contributed by atoms with Gasteiger partial charge in [-0.2, -0.15) is 5.10 Å². The highest BCUT2D eigenvalue weighted by Gasteiger charge is 2.10. The third-order valence-electron chi connectivity index (χ3n) is 3.51. The number of aromatic nitrogens is 3. The van der Waals surface area contributed by atoms with Crippen molar-refractivity contribution in [3.8, 4) is 17.1 Å². The molecule has 0 atom stereocenters. The molecular weight excluding hydrogens is 260 g/mol. The van der Waals surface area contributed by atoms with Gasteiger partial charge in [0.05, 0.1) is 11.9 Å². The number of aryl methyl sites for hydroxylation is 2. The van der Waals surface area contributed by atoms with Gasteiger partial charge in [0.1, 0.15) is 5.69 Å². The molecule has 0 aliphatic carbocycles. The summed E-state index contributed by atoms with van der Waals surface area (Å²) in [4.78, 5) is 4.33. The minimum atomic E-state index is 0.655. The van der Waals surface area contributed by atoms with Crippen LogP contribution in [-0.2, 0) is 6.42 Å². The summed E-state index contributed by atoms with van der Waals surface area (Å²) in [7, 11) is 0. The van der Waals surface area contributed by atoms with Crippen molar-refractivity contribution in [2.24, 2.45) is 0 Å². The molecule has 21 heavy (non-hydrogen) atoms. The Morgan fingerprint density at radius 3 is 2.57 bits per heavy atom. The molecule has 4 nitrogen and oxygen atoms in total. The molecule has 0 saturated carbocycles. The Morgan fingerprint density at radius 2 is 1.90 bits per heavy atom. The molecule has 2 heterocycles. The molecule has 0 aliphatic rings. The summed E-state index contributed by atoms with van der Waals surface area (Å²) in [5.41, 5.74) is 11.0. The van der Waals surface area contributed by atoms with E-state index in [-0.39, 0.29) is 0 Å². The van der Waals surface area contributed by atoms with E-state index in [9.17, 15) is 0 Å². The van der Waals surface area contributed by atoms with Gasteiger partial charge in [-0.05, 0) is 36.6 Å². The van der Waals surface area contributed by atoms with Crippen LogP contribution in [0.3, 0.4) is 0 Å². The van der Waals surface area contributed by atoms with Crippen LogP contribution in [0.15, 0.2) is 48.8 Å². The van der Waals surface area contributed by atoms with E-state index < -0.39 is 0 Å². The van der Waals surface area contributed by atoms with Crippen LogP contribution in [0.25, 0.3) is 17.1 Å². The van der Waals surface area contributed by atoms with Crippen LogP contribution in [0.5, 0.6) is 0 Å². The average molecular weight is 278 g/mol. The normalized spacial score (nSPS) is 10.8. The first kappa shape index (κ1) is 13.4. The molecule has 0 amide bonds. The Balaban J connectivity index is 2.01. The summed E-state index contributed by atoms with van der Waals surface area (Å²) in [5, 5.41) is 4.58. The molecule has 0 unspecified atom stereocenters. The van der Waals surface area contributed by atoms with Crippen LogP contribution in [0, 0.1) is 6.92 Å². The highest BCUT2D eigenvalue weighted by Crippen LogP contribution is 2.25. The van der Waals surface area contributed by atoms with Gasteiger partial charge in [0.25, 0.3) is 0 Å². The number of nitrogen functional groups attached to an aromatic ring is 1. The first-order chi connectivity index (χ1) is 10.2. The number of nitrogens with two attached hydrogens (primary N) is 1. The fourth-order valence-electron chi connectivity index (χ4n) is 2.27. The van der Waals surface area contributed by atoms with Crippen molar-refractivity contribution in [3.63, 3.8) is 0 Å². The molecule has 0 saturated heterocycles. The second kappa shape index (κ2) is 5.40. The smallest absolute Gasteiger partial charge is 0.153 e. The van der Waals surface area contributed by atoms with Gasteiger partial charge in [0.15, 0.2) is 5.82 Å². The Kier molecular flexibility index (Phi) is 3.44. The maximum absolute atomic E-state index is 6.11. The van der Waals surface area contributed by atoms with Gasteiger partial charge in [-0.1, -0.05) is 31.2 Å². The van der Waals surface area contributed by atoms with Gasteiger partial charge in [-0.3, -0.25) is 0 Å². The lowest BCUT2D eigenvalue weighted by molar-refractivity contribution is 0.848. The predicted octanol–water partition coefficient (Wildman–Crippen LogP) is 3.39. The summed E-state index contributed by atoms with van der Waals surface area (Å²) in [6.07, 6.45) is 4.61. The zero-order valence-corrected chi connectivity index (χ0v) is 12.2. The van der Waals surface area contributed by atoms with Crippen molar-refractivity contribution in [1.29, 1.82) is 0 Å². The standard InChI is InChI=1S/C17H18N4/c1-3-13-4-6-14(7-5-13)17-15(18)11-21(20-17)16-10-12(2)8-9-19-16/h4-11H,3,18H2,1-2H3. The van der Waals surface area contributed by atoms with Crippen molar-refractivity contribution >= 4 is 5.69 Å². The van der Waals surface area contributed by atoms with Crippen LogP contribution in [0.4, 0.5) is 5.69 Å². The Hall–Kier alpha value is -2.62. The fraction of sp³-hybridized carbons (Fsp3) is 0.176. The van der Waals surface area contributed by atoms with Crippen LogP contribution in [0.1, 0.15) is 18.1 Å². The first-order valence-corrected chi connectivity index (χ1v) is 7.05. The molecule has 2 N–H and O–H groups in total. The molecule has 3 rings (SSSR count). The maximum atomic E-state index is 6.11. The predicted molar refractivity (Wildman–Crippen MR) is 85.3 cm³/mol. The van der Waals surface area contributed by atoms with E-state index >= 15 is 0 Å². The third-order valence-corrected chi connectivity index (χ3v) is 3.51. The molecule has 4 heteroatoms. The lowest BCUT2D eigenvalue weighted by atomic mass is 10.1. The highest BCUT2D eigenvalue weighted by atomic mass is 15.3. The van der Waals surface area contributed by atoms with Crippen LogP contribution >= 0.6 is 0 Å². The van der Waals surface area contributed by atoms with Crippen molar-refractivity contribution < 1.29 is 0 Å². The van der Waals surface area contributed by atoms with Gasteiger partial charge in [0, 0.05) is 11.8 Å². The molecule has 0 bridgehead atoms. The zero-order chi connectivity index (χ0) is 14.8. The average Bonchev–Trinajstić information content (AvgIpc) is 2.89. The number of benzene rings is 1. The lowest BCUT2D eigenvalue weighted by Gasteiger charge is -2.02. The van der Waals surface area contributed by atoms with E-state index in [1.165, 1.54) is 5.56 Å². The minimum absolute atomic E-state index is 0.655. The Morgan fingerprint density at radius 1 is 1.14 bits per heavy atom. The zero-order valence-electron chi connectivity index (χ0n) is 12.2. The summed E-state index contributed by atoms with van der Waals surface area (Å²) in [6.45, 7) is 4.17. The van der Waals surface area contributed by atoms with E-state index in [1.54, 1.807) is 10.9 Å². The number of hydrogen-bond acceptors (Lipinski definition) is 3. The minimum Gasteiger partial charge on any atom is -0.396 e. The summed E-state index contributed by atoms with van der Waals surface area (Å²) < 4.78 is 1.73. The van der Waals surface area contributed by atoms with E-state index in [1.807, 2.05) is 25.3 Å². The lowest BCUT2D eigenvalue weighted by Crippen LogP contribution is -1.98. The largest absolute Gasteiger partial charge is 0.396 e. The number of nitrogens with zero attached hydrogens (tertiary/aromatic N) is 3. The number of anilines is 1. The van der Waals surface area contributed by atoms with Gasteiger partial charge < -0.3 is 5.73 Å². The van der Waals surface area contributed by atoms with Gasteiger partial charge in [-0.25, -0.2) is 9.67 Å². The van der Waals surface area contributed by atoms with E-state index in [2.05, 4.69) is 41.3 Å². The van der Waals surface area contributed by atoms with Crippen molar-refractivity contribution in [2.75, 3.05) is 5.73 Å². The van der Waals surface area contributed by atoms with E-state index in [4.69, 9.17) is 5.73 Å². The van der Waals surface area contributed by atoms with Crippen molar-refractivity contribution in [3.05, 3.63) is 59.9 Å². The molecule has 2 aromatic heterocycles. The molecule has 106 valence electrons. The monoisotopic (exact) mass is 278 g/mol. The third kappa shape index (κ3) is 2.65. The molecule has 0 radical (unpaired) electrons. The highest BCUT2D eigenvalue weighted by molar-refractivity contribution is 5.72. The SMILES string of the molecule is CCc1ccc(-c2nn(-c3cc(C)ccn3)cc2N)cc1. The maximum Gasteiger partial charge on any atom is 0.153 e. The summed E-state index contributed by atoms with van der Waals surface area (Å²) in [5.74, 6) is 0.776. The van der Waals surface area contributed by atoms with Crippen molar-refractivity contribution in [2.45, 2.75) is 20.3 Å². The Labute approximate surface area is 124 Å². The molecule has 0 spiro atoms. The Bertz CT molecular complexity index is 757.